The predicted octanol–water partition coefficient (Wildman–Crippen LogP) is 2.15. The van der Waals surface area contributed by atoms with Crippen molar-refractivity contribution in [3.63, 3.8) is 0 Å². The van der Waals surface area contributed by atoms with Gasteiger partial charge < -0.3 is 5.11 Å². The van der Waals surface area contributed by atoms with Gasteiger partial charge in [0, 0.05) is 6.42 Å². The largest absolute Gasteiger partial charge is 0.390 e. The molecular weight excluding hydrogens is 182 g/mol. The van der Waals surface area contributed by atoms with Crippen LogP contribution in [0.15, 0.2) is 0 Å². The Hall–Kier alpha value is 0.170. The average molecular weight is 196 g/mol. The zero-order valence-corrected chi connectivity index (χ0v) is 7.75. The van der Waals surface area contributed by atoms with Gasteiger partial charge in [0.25, 0.3) is 5.92 Å². The summed E-state index contributed by atoms with van der Waals surface area (Å²) in [6, 6.07) is 0. The summed E-state index contributed by atoms with van der Waals surface area (Å²) in [6.45, 7) is -1.00. The molecule has 1 saturated heterocycles. The normalized spacial score (nSPS) is 21.2. The van der Waals surface area contributed by atoms with E-state index in [1.165, 1.54) is 0 Å². The Labute approximate surface area is 75.5 Å². The average Bonchev–Trinajstić information content (AvgIpc) is 2.06. The van der Waals surface area contributed by atoms with Crippen molar-refractivity contribution >= 4 is 11.8 Å². The van der Waals surface area contributed by atoms with E-state index in [-0.39, 0.29) is 12.3 Å². The fourth-order valence-electron chi connectivity index (χ4n) is 1.44. The van der Waals surface area contributed by atoms with E-state index in [9.17, 15) is 8.78 Å². The highest BCUT2D eigenvalue weighted by molar-refractivity contribution is 7.99. The summed E-state index contributed by atoms with van der Waals surface area (Å²) in [7, 11) is 0. The molecule has 72 valence electrons. The molecule has 0 radical (unpaired) electrons. The first-order chi connectivity index (χ1) is 5.64. The summed E-state index contributed by atoms with van der Waals surface area (Å²) in [4.78, 5) is 0. The molecule has 0 aliphatic carbocycles. The van der Waals surface area contributed by atoms with E-state index >= 15 is 0 Å². The smallest absolute Gasteiger partial charge is 0.270 e. The zero-order chi connectivity index (χ0) is 9.03. The van der Waals surface area contributed by atoms with Gasteiger partial charge >= 0.3 is 0 Å². The van der Waals surface area contributed by atoms with Gasteiger partial charge in [-0.3, -0.25) is 0 Å². The minimum absolute atomic E-state index is 0.119. The third-order valence-electron chi connectivity index (χ3n) is 2.16. The second-order valence-corrected chi connectivity index (χ2v) is 4.50. The first kappa shape index (κ1) is 10.3. The molecular formula is C8H14F2OS. The Kier molecular flexibility index (Phi) is 3.77. The van der Waals surface area contributed by atoms with Gasteiger partial charge in [-0.25, -0.2) is 8.78 Å². The number of aliphatic hydroxyl groups is 1. The van der Waals surface area contributed by atoms with Crippen LogP contribution in [0.1, 0.15) is 19.3 Å². The van der Waals surface area contributed by atoms with Gasteiger partial charge in [-0.2, -0.15) is 11.8 Å². The summed E-state index contributed by atoms with van der Waals surface area (Å²) in [6.07, 6.45) is 1.62. The molecule has 1 aliphatic rings. The maximum absolute atomic E-state index is 12.7. The van der Waals surface area contributed by atoms with Crippen LogP contribution >= 0.6 is 11.8 Å². The lowest BCUT2D eigenvalue weighted by molar-refractivity contribution is -0.0684. The van der Waals surface area contributed by atoms with Crippen LogP contribution in [0, 0.1) is 5.92 Å². The first-order valence-electron chi connectivity index (χ1n) is 4.20. The molecule has 1 heterocycles. The van der Waals surface area contributed by atoms with E-state index in [0.717, 1.165) is 24.3 Å². The molecule has 0 aromatic heterocycles. The molecule has 0 atom stereocenters. The molecule has 0 spiro atoms. The van der Waals surface area contributed by atoms with Crippen molar-refractivity contribution in [2.24, 2.45) is 5.92 Å². The van der Waals surface area contributed by atoms with Crippen LogP contribution in [0.4, 0.5) is 8.78 Å². The fourth-order valence-corrected chi connectivity index (χ4v) is 2.64. The van der Waals surface area contributed by atoms with Crippen molar-refractivity contribution in [1.29, 1.82) is 0 Å². The van der Waals surface area contributed by atoms with E-state index in [1.54, 1.807) is 0 Å². The molecule has 1 N–H and O–H groups in total. The maximum Gasteiger partial charge on any atom is 0.270 e. The number of hydrogen-bond donors (Lipinski definition) is 1. The summed E-state index contributed by atoms with van der Waals surface area (Å²) >= 11 is 1.82. The van der Waals surface area contributed by atoms with Crippen LogP contribution in [-0.4, -0.2) is 29.1 Å². The van der Waals surface area contributed by atoms with Gasteiger partial charge in [0.15, 0.2) is 0 Å². The van der Waals surface area contributed by atoms with Crippen molar-refractivity contribution in [2.75, 3.05) is 18.1 Å². The zero-order valence-electron chi connectivity index (χ0n) is 6.93. The van der Waals surface area contributed by atoms with E-state index in [0.29, 0.717) is 0 Å². The van der Waals surface area contributed by atoms with Gasteiger partial charge in [-0.05, 0) is 30.3 Å². The Bertz CT molecular complexity index is 135. The highest BCUT2D eigenvalue weighted by Gasteiger charge is 2.32. The number of thioether (sulfide) groups is 1. The monoisotopic (exact) mass is 196 g/mol. The van der Waals surface area contributed by atoms with Crippen LogP contribution < -0.4 is 0 Å². The van der Waals surface area contributed by atoms with Gasteiger partial charge in [0.05, 0.1) is 0 Å². The van der Waals surface area contributed by atoms with E-state index in [1.807, 2.05) is 11.8 Å². The minimum atomic E-state index is -2.85. The van der Waals surface area contributed by atoms with Crippen LogP contribution in [-0.2, 0) is 0 Å². The third-order valence-corrected chi connectivity index (χ3v) is 3.21. The summed E-state index contributed by atoms with van der Waals surface area (Å²) < 4.78 is 25.4. The number of aliphatic hydroxyl groups excluding tert-OH is 1. The lowest BCUT2D eigenvalue weighted by atomic mass is 9.95. The van der Waals surface area contributed by atoms with E-state index in [4.69, 9.17) is 5.11 Å². The molecule has 1 aliphatic heterocycles. The SMILES string of the molecule is OCC(F)(F)CC1CCSCC1. The standard InChI is InChI=1S/C8H14F2OS/c9-8(10,6-11)5-7-1-3-12-4-2-7/h7,11H,1-6H2. The van der Waals surface area contributed by atoms with Crippen molar-refractivity contribution in [2.45, 2.75) is 25.2 Å². The van der Waals surface area contributed by atoms with Gasteiger partial charge in [-0.1, -0.05) is 0 Å². The Balaban J connectivity index is 2.28. The van der Waals surface area contributed by atoms with Crippen LogP contribution in [0.2, 0.25) is 0 Å². The predicted molar refractivity (Wildman–Crippen MR) is 46.7 cm³/mol. The Morgan fingerprint density at radius 1 is 1.33 bits per heavy atom. The number of hydrogen-bond acceptors (Lipinski definition) is 2. The van der Waals surface area contributed by atoms with Crippen molar-refractivity contribution in [3.05, 3.63) is 0 Å². The molecule has 0 amide bonds. The quantitative estimate of drug-likeness (QED) is 0.746. The highest BCUT2D eigenvalue weighted by Crippen LogP contribution is 2.31. The Morgan fingerprint density at radius 3 is 2.42 bits per heavy atom. The topological polar surface area (TPSA) is 20.2 Å². The number of alkyl halides is 2. The molecule has 0 aromatic carbocycles. The lowest BCUT2D eigenvalue weighted by Gasteiger charge is -2.24. The number of rotatable bonds is 3. The van der Waals surface area contributed by atoms with Gasteiger partial charge in [0.1, 0.15) is 6.61 Å². The fraction of sp³-hybridized carbons (Fsp3) is 1.00. The molecule has 0 unspecified atom stereocenters. The molecule has 0 bridgehead atoms. The van der Waals surface area contributed by atoms with Crippen LogP contribution in [0.5, 0.6) is 0 Å². The highest BCUT2D eigenvalue weighted by atomic mass is 32.2. The minimum Gasteiger partial charge on any atom is -0.390 e. The second kappa shape index (κ2) is 4.42. The van der Waals surface area contributed by atoms with Crippen molar-refractivity contribution in [1.82, 2.24) is 0 Å². The second-order valence-electron chi connectivity index (χ2n) is 3.27. The maximum atomic E-state index is 12.7. The molecule has 0 aromatic rings. The lowest BCUT2D eigenvalue weighted by Crippen LogP contribution is -2.26. The number of halogens is 2. The van der Waals surface area contributed by atoms with Crippen LogP contribution in [0.25, 0.3) is 0 Å². The molecule has 1 rings (SSSR count). The molecule has 12 heavy (non-hydrogen) atoms. The van der Waals surface area contributed by atoms with Gasteiger partial charge in [0.2, 0.25) is 0 Å². The van der Waals surface area contributed by atoms with Crippen molar-refractivity contribution < 1.29 is 13.9 Å². The molecule has 1 nitrogen and oxygen atoms in total. The Morgan fingerprint density at radius 2 is 1.92 bits per heavy atom. The van der Waals surface area contributed by atoms with E-state index in [2.05, 4.69) is 0 Å². The molecule has 0 saturated carbocycles. The summed E-state index contributed by atoms with van der Waals surface area (Å²) in [5.41, 5.74) is 0. The molecule has 1 fully saturated rings. The van der Waals surface area contributed by atoms with Crippen molar-refractivity contribution in [3.8, 4) is 0 Å². The van der Waals surface area contributed by atoms with Gasteiger partial charge in [-0.15, -0.1) is 0 Å². The van der Waals surface area contributed by atoms with Crippen LogP contribution in [0.3, 0.4) is 0 Å². The molecule has 4 heteroatoms. The van der Waals surface area contributed by atoms with E-state index < -0.39 is 12.5 Å². The summed E-state index contributed by atoms with van der Waals surface area (Å²) in [5, 5.41) is 8.37. The third kappa shape index (κ3) is 3.27. The first-order valence-corrected chi connectivity index (χ1v) is 5.36. The summed E-state index contributed by atoms with van der Waals surface area (Å²) in [5.74, 6) is -0.751.